The van der Waals surface area contributed by atoms with Crippen molar-refractivity contribution in [2.24, 2.45) is 11.1 Å². The van der Waals surface area contributed by atoms with Crippen LogP contribution in [0.15, 0.2) is 0 Å². The van der Waals surface area contributed by atoms with E-state index in [9.17, 15) is 0 Å². The Balaban J connectivity index is 2.30. The molecule has 0 aliphatic carbocycles. The summed E-state index contributed by atoms with van der Waals surface area (Å²) in [6, 6.07) is 0. The molecule has 17 heavy (non-hydrogen) atoms. The first-order chi connectivity index (χ1) is 8.01. The minimum absolute atomic E-state index is 0.0982. The van der Waals surface area contributed by atoms with Crippen molar-refractivity contribution < 1.29 is 0 Å². The van der Waals surface area contributed by atoms with Crippen molar-refractivity contribution in [2.75, 3.05) is 39.3 Å². The number of nitrogens with two attached hydrogens (primary N) is 1. The van der Waals surface area contributed by atoms with Crippen molar-refractivity contribution in [2.45, 2.75) is 33.6 Å². The van der Waals surface area contributed by atoms with Crippen LogP contribution in [0.2, 0.25) is 0 Å². The van der Waals surface area contributed by atoms with E-state index in [1.807, 2.05) is 0 Å². The third kappa shape index (κ3) is 4.19. The molecule has 0 bridgehead atoms. The first-order valence-corrected chi connectivity index (χ1v) is 7.17. The second-order valence-corrected chi connectivity index (χ2v) is 5.73. The average molecular weight is 257 g/mol. The summed E-state index contributed by atoms with van der Waals surface area (Å²) in [6.07, 6.45) is 2.22. The van der Waals surface area contributed by atoms with E-state index in [4.69, 9.17) is 18.0 Å². The van der Waals surface area contributed by atoms with Crippen molar-refractivity contribution in [3.63, 3.8) is 0 Å². The molecule has 0 aromatic rings. The molecule has 0 amide bonds. The zero-order chi connectivity index (χ0) is 12.9. The summed E-state index contributed by atoms with van der Waals surface area (Å²) in [7, 11) is 0. The quantitative estimate of drug-likeness (QED) is 0.734. The summed E-state index contributed by atoms with van der Waals surface area (Å²) in [5.74, 6) is 0. The Morgan fingerprint density at radius 2 is 1.82 bits per heavy atom. The van der Waals surface area contributed by atoms with Crippen LogP contribution < -0.4 is 5.73 Å². The molecule has 1 aliphatic rings. The van der Waals surface area contributed by atoms with E-state index in [0.717, 1.165) is 39.0 Å². The fraction of sp³-hybridized carbons (Fsp3) is 0.923. The van der Waals surface area contributed by atoms with Gasteiger partial charge in [-0.2, -0.15) is 0 Å². The number of likely N-dealkylation sites (N-methyl/N-ethyl adjacent to an activating group) is 1. The van der Waals surface area contributed by atoms with Gasteiger partial charge in [-0.1, -0.05) is 33.0 Å². The number of nitrogens with zero attached hydrogens (tertiary/aromatic N) is 2. The smallest absolute Gasteiger partial charge is 0.0788 e. The highest BCUT2D eigenvalue weighted by molar-refractivity contribution is 7.80. The number of hydrogen-bond donors (Lipinski definition) is 1. The van der Waals surface area contributed by atoms with Crippen molar-refractivity contribution in [1.82, 2.24) is 9.80 Å². The van der Waals surface area contributed by atoms with Crippen molar-refractivity contribution >= 4 is 17.2 Å². The van der Waals surface area contributed by atoms with E-state index in [1.165, 1.54) is 13.1 Å². The van der Waals surface area contributed by atoms with Gasteiger partial charge in [0.25, 0.3) is 0 Å². The minimum atomic E-state index is 0.0982. The highest BCUT2D eigenvalue weighted by Gasteiger charge is 2.32. The van der Waals surface area contributed by atoms with E-state index < -0.39 is 0 Å². The molecule has 0 aromatic heterocycles. The lowest BCUT2D eigenvalue weighted by atomic mass is 9.80. The molecule has 1 rings (SSSR count). The molecule has 1 heterocycles. The minimum Gasteiger partial charge on any atom is -0.393 e. The van der Waals surface area contributed by atoms with Crippen LogP contribution in [0, 0.1) is 5.41 Å². The maximum Gasteiger partial charge on any atom is 0.0788 e. The first kappa shape index (κ1) is 14.9. The zero-order valence-electron chi connectivity index (χ0n) is 11.5. The zero-order valence-corrected chi connectivity index (χ0v) is 12.4. The number of piperidine rings is 1. The summed E-state index contributed by atoms with van der Waals surface area (Å²) in [5.41, 5.74) is 5.92. The number of hydrogen-bond acceptors (Lipinski definition) is 3. The molecule has 0 spiro atoms. The van der Waals surface area contributed by atoms with Gasteiger partial charge in [0.05, 0.1) is 4.99 Å². The average Bonchev–Trinajstić information content (AvgIpc) is 2.32. The molecule has 0 saturated carbocycles. The lowest BCUT2D eigenvalue weighted by Gasteiger charge is -2.39. The van der Waals surface area contributed by atoms with E-state index in [2.05, 4.69) is 30.6 Å². The van der Waals surface area contributed by atoms with Crippen LogP contribution in [-0.4, -0.2) is 54.1 Å². The Morgan fingerprint density at radius 3 is 2.24 bits per heavy atom. The molecule has 1 fully saturated rings. The maximum atomic E-state index is 5.82. The predicted octanol–water partition coefficient (Wildman–Crippen LogP) is 1.72. The first-order valence-electron chi connectivity index (χ1n) is 6.76. The van der Waals surface area contributed by atoms with Crippen LogP contribution in [0.5, 0.6) is 0 Å². The van der Waals surface area contributed by atoms with E-state index in [-0.39, 0.29) is 5.41 Å². The van der Waals surface area contributed by atoms with Gasteiger partial charge in [0, 0.05) is 18.5 Å². The fourth-order valence-electron chi connectivity index (χ4n) is 2.34. The lowest BCUT2D eigenvalue weighted by Crippen LogP contribution is -2.46. The van der Waals surface area contributed by atoms with Crippen LogP contribution in [-0.2, 0) is 0 Å². The van der Waals surface area contributed by atoms with E-state index in [1.54, 1.807) is 0 Å². The Hall–Kier alpha value is -0.190. The summed E-state index contributed by atoms with van der Waals surface area (Å²) in [4.78, 5) is 5.71. The number of likely N-dealkylation sites (tertiary alicyclic amines) is 1. The van der Waals surface area contributed by atoms with Gasteiger partial charge in [-0.3, -0.25) is 0 Å². The summed E-state index contributed by atoms with van der Waals surface area (Å²) in [5, 5.41) is 0. The highest BCUT2D eigenvalue weighted by atomic mass is 32.1. The highest BCUT2D eigenvalue weighted by Crippen LogP contribution is 2.30. The van der Waals surface area contributed by atoms with Gasteiger partial charge in [-0.15, -0.1) is 0 Å². The number of rotatable bonds is 6. The normalized spacial score (nSPS) is 20.7. The molecule has 1 aliphatic heterocycles. The van der Waals surface area contributed by atoms with Crippen molar-refractivity contribution in [1.29, 1.82) is 0 Å². The van der Waals surface area contributed by atoms with Gasteiger partial charge in [-0.05, 0) is 39.0 Å². The SMILES string of the molecule is CCN(CC)CCN1CCC(C)(C(N)=S)CC1. The fourth-order valence-corrected chi connectivity index (χ4v) is 2.54. The van der Waals surface area contributed by atoms with Gasteiger partial charge >= 0.3 is 0 Å². The second kappa shape index (κ2) is 6.66. The van der Waals surface area contributed by atoms with Crippen molar-refractivity contribution in [3.05, 3.63) is 0 Å². The van der Waals surface area contributed by atoms with Crippen LogP contribution in [0.25, 0.3) is 0 Å². The van der Waals surface area contributed by atoms with Crippen LogP contribution in [0.1, 0.15) is 33.6 Å². The Morgan fingerprint density at radius 1 is 1.29 bits per heavy atom. The second-order valence-electron chi connectivity index (χ2n) is 5.29. The van der Waals surface area contributed by atoms with E-state index >= 15 is 0 Å². The van der Waals surface area contributed by atoms with E-state index in [0.29, 0.717) is 4.99 Å². The topological polar surface area (TPSA) is 32.5 Å². The van der Waals surface area contributed by atoms with Gasteiger partial charge in [0.1, 0.15) is 0 Å². The van der Waals surface area contributed by atoms with Gasteiger partial charge in [-0.25, -0.2) is 0 Å². The lowest BCUT2D eigenvalue weighted by molar-refractivity contribution is 0.145. The van der Waals surface area contributed by atoms with Crippen LogP contribution >= 0.6 is 12.2 Å². The number of thiocarbonyl (C=S) groups is 1. The molecule has 1 saturated heterocycles. The maximum absolute atomic E-state index is 5.82. The molecule has 0 aromatic carbocycles. The van der Waals surface area contributed by atoms with Crippen LogP contribution in [0.4, 0.5) is 0 Å². The Bertz CT molecular complexity index is 243. The Kier molecular flexibility index (Phi) is 5.83. The summed E-state index contributed by atoms with van der Waals surface area (Å²) in [6.45, 7) is 13.6. The summed E-state index contributed by atoms with van der Waals surface area (Å²) >= 11 is 5.16. The third-order valence-electron chi connectivity index (χ3n) is 4.18. The summed E-state index contributed by atoms with van der Waals surface area (Å²) < 4.78 is 0. The molecule has 2 N–H and O–H groups in total. The van der Waals surface area contributed by atoms with Crippen molar-refractivity contribution in [3.8, 4) is 0 Å². The van der Waals surface area contributed by atoms with Gasteiger partial charge in [0.2, 0.25) is 0 Å². The molecular weight excluding hydrogens is 230 g/mol. The molecule has 0 atom stereocenters. The molecule has 0 unspecified atom stereocenters. The third-order valence-corrected chi connectivity index (χ3v) is 4.67. The van der Waals surface area contributed by atoms with Gasteiger partial charge in [0.15, 0.2) is 0 Å². The molecule has 3 nitrogen and oxygen atoms in total. The molecule has 0 radical (unpaired) electrons. The monoisotopic (exact) mass is 257 g/mol. The Labute approximate surface area is 111 Å². The van der Waals surface area contributed by atoms with Crippen LogP contribution in [0.3, 0.4) is 0 Å². The molecule has 100 valence electrons. The largest absolute Gasteiger partial charge is 0.393 e. The standard InChI is InChI=1S/C13H27N3S/c1-4-15(5-2)10-11-16-8-6-13(3,7-9-16)12(14)17/h4-11H2,1-3H3,(H2,14,17). The van der Waals surface area contributed by atoms with Gasteiger partial charge < -0.3 is 15.5 Å². The molecular formula is C13H27N3S. The molecule has 4 heteroatoms. The predicted molar refractivity (Wildman–Crippen MR) is 78.4 cm³/mol.